The van der Waals surface area contributed by atoms with Gasteiger partial charge in [-0.1, -0.05) is 73.0 Å². The smallest absolute Gasteiger partial charge is 0.280 e. The summed E-state index contributed by atoms with van der Waals surface area (Å²) < 4.78 is 0. The van der Waals surface area contributed by atoms with Crippen LogP contribution in [0.25, 0.3) is 10.8 Å². The third kappa shape index (κ3) is 11.4. The van der Waals surface area contributed by atoms with Gasteiger partial charge in [0, 0.05) is 12.2 Å². The summed E-state index contributed by atoms with van der Waals surface area (Å²) in [6.45, 7) is 1.55. The molecular formula is C37H49ClN10O2. The van der Waals surface area contributed by atoms with Crippen molar-refractivity contribution in [2.75, 3.05) is 44.0 Å². The molecule has 1 aromatic heterocycles. The maximum atomic E-state index is 13.0. The van der Waals surface area contributed by atoms with Crippen LogP contribution in [0.4, 0.5) is 17.3 Å². The molecule has 0 aliphatic rings. The second-order valence-corrected chi connectivity index (χ2v) is 13.1. The molecular weight excluding hydrogens is 652 g/mol. The predicted molar refractivity (Wildman–Crippen MR) is 204 cm³/mol. The first-order valence-electron chi connectivity index (χ1n) is 17.0. The van der Waals surface area contributed by atoms with Crippen LogP contribution in [0.15, 0.2) is 65.7 Å². The molecule has 1 atom stereocenters. The van der Waals surface area contributed by atoms with Crippen molar-refractivity contribution < 1.29 is 9.59 Å². The third-order valence-electron chi connectivity index (χ3n) is 8.42. The lowest BCUT2D eigenvalue weighted by atomic mass is 9.93. The lowest BCUT2D eigenvalue weighted by molar-refractivity contribution is -0.117. The van der Waals surface area contributed by atoms with Crippen molar-refractivity contribution in [3.63, 3.8) is 0 Å². The zero-order valence-electron chi connectivity index (χ0n) is 28.9. The van der Waals surface area contributed by atoms with Crippen molar-refractivity contribution >= 4 is 57.5 Å². The van der Waals surface area contributed by atoms with E-state index in [2.05, 4.69) is 81.0 Å². The number of carbonyl (C=O) groups is 2. The van der Waals surface area contributed by atoms with E-state index in [0.29, 0.717) is 13.0 Å². The third-order valence-corrected chi connectivity index (χ3v) is 8.70. The van der Waals surface area contributed by atoms with Gasteiger partial charge in [-0.05, 0) is 105 Å². The number of aliphatic imine (C=N–C) groups is 1. The largest absolute Gasteiger partial charge is 0.382 e. The molecule has 4 rings (SSSR count). The Labute approximate surface area is 299 Å². The van der Waals surface area contributed by atoms with Crippen molar-refractivity contribution in [1.82, 2.24) is 20.2 Å². The number of unbranched alkanes of at least 4 members (excludes halogenated alkanes) is 4. The second kappa shape index (κ2) is 18.8. The molecule has 0 aliphatic carbocycles. The van der Waals surface area contributed by atoms with Crippen LogP contribution in [0.2, 0.25) is 5.15 Å². The number of nitrogens with two attached hydrogens (primary N) is 4. The Morgan fingerprint density at radius 1 is 0.840 bits per heavy atom. The van der Waals surface area contributed by atoms with Crippen LogP contribution >= 0.6 is 11.6 Å². The first kappa shape index (κ1) is 38.0. The Balaban J connectivity index is 1.24. The number of hydrogen-bond donors (Lipinski definition) is 6. The molecule has 13 heteroatoms. The average Bonchev–Trinajstić information content (AvgIpc) is 3.09. The Bertz CT molecular complexity index is 1780. The lowest BCUT2D eigenvalue weighted by Crippen LogP contribution is -2.38. The van der Waals surface area contributed by atoms with Gasteiger partial charge < -0.3 is 33.2 Å². The Kier molecular flexibility index (Phi) is 14.3. The second-order valence-electron chi connectivity index (χ2n) is 12.7. The molecule has 1 heterocycles. The van der Waals surface area contributed by atoms with Crippen LogP contribution in [0, 0.1) is 0 Å². The van der Waals surface area contributed by atoms with E-state index < -0.39 is 11.9 Å². The van der Waals surface area contributed by atoms with Gasteiger partial charge in [0.2, 0.25) is 5.91 Å². The number of hydrogen-bond acceptors (Lipinski definition) is 9. The van der Waals surface area contributed by atoms with Crippen molar-refractivity contribution in [2.45, 2.75) is 63.8 Å². The average molecular weight is 701 g/mol. The van der Waals surface area contributed by atoms with Gasteiger partial charge in [-0.3, -0.25) is 19.9 Å². The van der Waals surface area contributed by atoms with Crippen molar-refractivity contribution in [2.24, 2.45) is 16.5 Å². The standard InChI is InChI=1S/C37H49ClN10O2/c1-48(2)22-10-4-3-5-11-24-15-19-27(20-16-24)44-35(49)30(39)23-26-18-17-25(28-13-6-7-14-29(26)28)12-8-9-21-43-37(42)47-36(50)31-33(40)46-34(41)32(38)45-31/h6-7,13-20,30H,3-5,8-12,21-23,39H2,1-2H3,(H,44,49)(H4,40,41,46)(H3,42,43,47,50)/t30-/m0/s1. The van der Waals surface area contributed by atoms with Crippen LogP contribution in [-0.2, 0) is 24.1 Å². The Morgan fingerprint density at radius 3 is 2.22 bits per heavy atom. The number of aryl methyl sites for hydroxylation is 2. The Morgan fingerprint density at radius 2 is 1.50 bits per heavy atom. The van der Waals surface area contributed by atoms with E-state index >= 15 is 0 Å². The number of nitrogen functional groups attached to an aromatic ring is 2. The SMILES string of the molecule is CN(C)CCCCCCc1ccc(NC(=O)[C@@H](N)Cc2ccc(CCCCN=C(N)NC(=O)c3nc(Cl)c(N)nc3N)c3ccccc23)cc1. The summed E-state index contributed by atoms with van der Waals surface area (Å²) in [5, 5.41) is 7.50. The maximum absolute atomic E-state index is 13.0. The van der Waals surface area contributed by atoms with Gasteiger partial charge in [0.15, 0.2) is 28.4 Å². The fourth-order valence-corrected chi connectivity index (χ4v) is 5.83. The summed E-state index contributed by atoms with van der Waals surface area (Å²) in [7, 11) is 4.22. The van der Waals surface area contributed by atoms with E-state index in [4.69, 9.17) is 34.5 Å². The number of guanidine groups is 1. The highest BCUT2D eigenvalue weighted by Gasteiger charge is 2.18. The number of aromatic nitrogens is 2. The van der Waals surface area contributed by atoms with Crippen molar-refractivity contribution in [1.29, 1.82) is 0 Å². The minimum atomic E-state index is -0.699. The summed E-state index contributed by atoms with van der Waals surface area (Å²) in [6, 6.07) is 19.7. The highest BCUT2D eigenvalue weighted by atomic mass is 35.5. The van der Waals surface area contributed by atoms with Gasteiger partial charge in [-0.15, -0.1) is 0 Å². The molecule has 3 aromatic carbocycles. The van der Waals surface area contributed by atoms with Gasteiger partial charge >= 0.3 is 0 Å². The van der Waals surface area contributed by atoms with E-state index in [0.717, 1.165) is 60.7 Å². The van der Waals surface area contributed by atoms with E-state index in [1.807, 2.05) is 24.3 Å². The summed E-state index contributed by atoms with van der Waals surface area (Å²) in [5.41, 5.74) is 27.6. The van der Waals surface area contributed by atoms with Gasteiger partial charge in [0.1, 0.15) is 0 Å². The number of rotatable bonds is 17. The molecule has 2 amide bonds. The summed E-state index contributed by atoms with van der Waals surface area (Å²) in [6.07, 6.45) is 8.72. The molecule has 10 N–H and O–H groups in total. The molecule has 0 saturated heterocycles. The zero-order valence-corrected chi connectivity index (χ0v) is 29.7. The number of carbonyl (C=O) groups excluding carboxylic acids is 2. The van der Waals surface area contributed by atoms with Gasteiger partial charge in [0.05, 0.1) is 6.04 Å². The van der Waals surface area contributed by atoms with Crippen molar-refractivity contribution in [3.8, 4) is 0 Å². The molecule has 0 aliphatic heterocycles. The Hall–Kier alpha value is -4.78. The number of benzene rings is 3. The molecule has 0 saturated carbocycles. The number of nitrogens with one attached hydrogen (secondary N) is 2. The first-order valence-corrected chi connectivity index (χ1v) is 17.4. The van der Waals surface area contributed by atoms with Crippen LogP contribution in [0.3, 0.4) is 0 Å². The number of nitrogens with zero attached hydrogens (tertiary/aromatic N) is 4. The van der Waals surface area contributed by atoms with Crippen LogP contribution in [-0.4, -0.2) is 65.9 Å². The first-order chi connectivity index (χ1) is 24.0. The van der Waals surface area contributed by atoms with E-state index in [1.54, 1.807) is 0 Å². The fourth-order valence-electron chi connectivity index (χ4n) is 5.70. The van der Waals surface area contributed by atoms with E-state index in [-0.39, 0.29) is 34.3 Å². The molecule has 0 spiro atoms. The van der Waals surface area contributed by atoms with Crippen LogP contribution < -0.4 is 33.6 Å². The fraction of sp³-hybridized carbons (Fsp3) is 0.378. The minimum absolute atomic E-state index is 0.0616. The molecule has 0 radical (unpaired) electrons. The summed E-state index contributed by atoms with van der Waals surface area (Å²) >= 11 is 5.85. The molecule has 0 bridgehead atoms. The molecule has 4 aromatic rings. The quantitative estimate of drug-likeness (QED) is 0.0513. The molecule has 266 valence electrons. The van der Waals surface area contributed by atoms with Crippen molar-refractivity contribution in [3.05, 3.63) is 88.2 Å². The lowest BCUT2D eigenvalue weighted by Gasteiger charge is -2.16. The highest BCUT2D eigenvalue weighted by Crippen LogP contribution is 2.26. The molecule has 0 unspecified atom stereocenters. The number of amides is 2. The molecule has 50 heavy (non-hydrogen) atoms. The monoisotopic (exact) mass is 700 g/mol. The summed E-state index contributed by atoms with van der Waals surface area (Å²) in [5.74, 6) is -1.18. The topological polar surface area (TPSA) is 204 Å². The normalized spacial score (nSPS) is 12.3. The van der Waals surface area contributed by atoms with E-state index in [9.17, 15) is 9.59 Å². The number of halogens is 1. The maximum Gasteiger partial charge on any atom is 0.280 e. The van der Waals surface area contributed by atoms with E-state index in [1.165, 1.54) is 30.4 Å². The minimum Gasteiger partial charge on any atom is -0.382 e. The predicted octanol–water partition coefficient (Wildman–Crippen LogP) is 4.69. The number of fused-ring (bicyclic) bond motifs is 1. The highest BCUT2D eigenvalue weighted by molar-refractivity contribution is 6.31. The van der Waals surface area contributed by atoms with Gasteiger partial charge in [0.25, 0.3) is 5.91 Å². The molecule has 12 nitrogen and oxygen atoms in total. The molecule has 0 fully saturated rings. The van der Waals surface area contributed by atoms with Crippen LogP contribution in [0.1, 0.15) is 65.7 Å². The number of anilines is 3. The summed E-state index contributed by atoms with van der Waals surface area (Å²) in [4.78, 5) is 39.6. The zero-order chi connectivity index (χ0) is 36.0. The van der Waals surface area contributed by atoms with Gasteiger partial charge in [-0.25, -0.2) is 9.97 Å². The van der Waals surface area contributed by atoms with Crippen LogP contribution in [0.5, 0.6) is 0 Å². The van der Waals surface area contributed by atoms with Gasteiger partial charge in [-0.2, -0.15) is 0 Å².